The molecule has 0 aliphatic heterocycles. The number of aliphatic carboxylic acids is 1. The third-order valence-electron chi connectivity index (χ3n) is 1.74. The van der Waals surface area contributed by atoms with E-state index in [1.54, 1.807) is 0 Å². The third-order valence-corrected chi connectivity index (χ3v) is 1.74. The summed E-state index contributed by atoms with van der Waals surface area (Å²) in [6.07, 6.45) is -4.77. The maximum atomic E-state index is 11.8. The summed E-state index contributed by atoms with van der Waals surface area (Å²) in [6, 6.07) is 3.08. The molecule has 4 nitrogen and oxygen atoms in total. The highest BCUT2D eigenvalue weighted by Gasteiger charge is 2.31. The number of nitrogens with two attached hydrogens (primary N) is 1. The van der Waals surface area contributed by atoms with Crippen molar-refractivity contribution in [2.24, 2.45) is 5.73 Å². The number of rotatable bonds is 3. The minimum atomic E-state index is -4.77. The van der Waals surface area contributed by atoms with Crippen LogP contribution in [0.2, 0.25) is 0 Å². The zero-order chi connectivity index (χ0) is 12.3. The number of hydrogen-bond donors (Lipinski definition) is 2. The second-order valence-electron chi connectivity index (χ2n) is 2.93. The minimum absolute atomic E-state index is 0. The van der Waals surface area contributed by atoms with E-state index < -0.39 is 24.1 Å². The average molecular weight is 272 g/mol. The predicted molar refractivity (Wildman–Crippen MR) is 54.9 cm³/mol. The van der Waals surface area contributed by atoms with E-state index in [0.717, 1.165) is 12.1 Å². The van der Waals surface area contributed by atoms with E-state index in [-0.39, 0.29) is 18.0 Å². The summed E-state index contributed by atoms with van der Waals surface area (Å²) in [4.78, 5) is 10.5. The monoisotopic (exact) mass is 271 g/mol. The summed E-state index contributed by atoms with van der Waals surface area (Å²) in [7, 11) is 0. The minimum Gasteiger partial charge on any atom is -0.480 e. The van der Waals surface area contributed by atoms with Gasteiger partial charge in [0.15, 0.2) is 0 Å². The molecule has 0 aromatic heterocycles. The van der Waals surface area contributed by atoms with Crippen molar-refractivity contribution in [2.75, 3.05) is 0 Å². The molecule has 96 valence electrons. The lowest BCUT2D eigenvalue weighted by molar-refractivity contribution is -0.274. The van der Waals surface area contributed by atoms with Crippen molar-refractivity contribution in [3.8, 4) is 5.75 Å². The lowest BCUT2D eigenvalue weighted by atomic mass is 10.1. The molecular formula is C9H9ClF3NO3. The summed E-state index contributed by atoms with van der Waals surface area (Å²) < 4.78 is 39.0. The van der Waals surface area contributed by atoms with Gasteiger partial charge in [-0.25, -0.2) is 0 Å². The lowest BCUT2D eigenvalue weighted by Gasteiger charge is -2.10. The summed E-state index contributed by atoms with van der Waals surface area (Å²) in [5.74, 6) is -1.68. The van der Waals surface area contributed by atoms with Crippen molar-refractivity contribution in [3.05, 3.63) is 29.8 Å². The lowest BCUT2D eigenvalue weighted by Crippen LogP contribution is -2.21. The number of hydrogen-bond acceptors (Lipinski definition) is 3. The first-order valence-electron chi connectivity index (χ1n) is 4.13. The topological polar surface area (TPSA) is 72.6 Å². The van der Waals surface area contributed by atoms with Crippen molar-refractivity contribution in [3.63, 3.8) is 0 Å². The number of benzene rings is 1. The summed E-state index contributed by atoms with van der Waals surface area (Å²) >= 11 is 0. The van der Waals surface area contributed by atoms with Crippen molar-refractivity contribution < 1.29 is 27.8 Å². The fraction of sp³-hybridized carbons (Fsp3) is 0.222. The molecule has 0 saturated carbocycles. The van der Waals surface area contributed by atoms with Gasteiger partial charge >= 0.3 is 12.3 Å². The van der Waals surface area contributed by atoms with Gasteiger partial charge in [-0.3, -0.25) is 4.79 Å². The maximum Gasteiger partial charge on any atom is 0.573 e. The van der Waals surface area contributed by atoms with Gasteiger partial charge in [0.2, 0.25) is 0 Å². The van der Waals surface area contributed by atoms with Gasteiger partial charge in [0, 0.05) is 0 Å². The molecule has 0 radical (unpaired) electrons. The van der Waals surface area contributed by atoms with E-state index in [1.165, 1.54) is 12.1 Å². The Morgan fingerprint density at radius 1 is 1.29 bits per heavy atom. The molecule has 1 unspecified atom stereocenters. The second-order valence-corrected chi connectivity index (χ2v) is 2.93. The first-order valence-corrected chi connectivity index (χ1v) is 4.13. The fourth-order valence-corrected chi connectivity index (χ4v) is 1.02. The van der Waals surface area contributed by atoms with Gasteiger partial charge < -0.3 is 15.6 Å². The molecule has 0 bridgehead atoms. The first kappa shape index (κ1) is 15.5. The molecule has 17 heavy (non-hydrogen) atoms. The quantitative estimate of drug-likeness (QED) is 0.883. The van der Waals surface area contributed by atoms with E-state index in [9.17, 15) is 18.0 Å². The standard InChI is InChI=1S/C9H8F3NO3.ClH/c10-9(11,12)16-6-3-1-5(2-4-6)7(13)8(14)15;/h1-4,7H,13H2,(H,14,15);1H. The summed E-state index contributed by atoms with van der Waals surface area (Å²) in [5.41, 5.74) is 5.45. The van der Waals surface area contributed by atoms with Crippen LogP contribution in [0.25, 0.3) is 0 Å². The van der Waals surface area contributed by atoms with Crippen LogP contribution < -0.4 is 10.5 Å². The van der Waals surface area contributed by atoms with E-state index in [0.29, 0.717) is 0 Å². The van der Waals surface area contributed by atoms with E-state index >= 15 is 0 Å². The number of halogens is 4. The van der Waals surface area contributed by atoms with E-state index in [2.05, 4.69) is 4.74 Å². The molecular weight excluding hydrogens is 263 g/mol. The molecule has 0 aliphatic rings. The van der Waals surface area contributed by atoms with Gasteiger partial charge in [-0.1, -0.05) is 12.1 Å². The Balaban J connectivity index is 0.00000256. The Kier molecular flexibility index (Phi) is 5.24. The zero-order valence-corrected chi connectivity index (χ0v) is 9.09. The van der Waals surface area contributed by atoms with Crippen LogP contribution in [-0.2, 0) is 4.79 Å². The van der Waals surface area contributed by atoms with Crippen LogP contribution in [-0.4, -0.2) is 17.4 Å². The van der Waals surface area contributed by atoms with Gasteiger partial charge in [-0.15, -0.1) is 25.6 Å². The smallest absolute Gasteiger partial charge is 0.480 e. The van der Waals surface area contributed by atoms with E-state index in [1.807, 2.05) is 0 Å². The molecule has 0 spiro atoms. The Hall–Kier alpha value is -1.47. The van der Waals surface area contributed by atoms with Crippen LogP contribution in [0.15, 0.2) is 24.3 Å². The number of carbonyl (C=O) groups is 1. The van der Waals surface area contributed by atoms with Gasteiger partial charge in [-0.05, 0) is 17.7 Å². The highest BCUT2D eigenvalue weighted by molar-refractivity contribution is 5.85. The predicted octanol–water partition coefficient (Wildman–Crippen LogP) is 2.09. The van der Waals surface area contributed by atoms with Crippen LogP contribution >= 0.6 is 12.4 Å². The summed E-state index contributed by atoms with van der Waals surface area (Å²) in [5, 5.41) is 8.55. The molecule has 1 rings (SSSR count). The molecule has 1 aromatic rings. The fourth-order valence-electron chi connectivity index (χ4n) is 1.02. The molecule has 0 saturated heterocycles. The van der Waals surface area contributed by atoms with Crippen molar-refractivity contribution in [2.45, 2.75) is 12.4 Å². The Bertz CT molecular complexity index is 380. The van der Waals surface area contributed by atoms with Gasteiger partial charge in [0.25, 0.3) is 0 Å². The second kappa shape index (κ2) is 5.74. The number of carboxylic acids is 1. The SMILES string of the molecule is Cl.NC(C(=O)O)c1ccc(OC(F)(F)F)cc1. The normalized spacial score (nSPS) is 12.5. The highest BCUT2D eigenvalue weighted by atomic mass is 35.5. The van der Waals surface area contributed by atoms with Crippen LogP contribution in [0.3, 0.4) is 0 Å². The Morgan fingerprint density at radius 3 is 2.12 bits per heavy atom. The van der Waals surface area contributed by atoms with Crippen LogP contribution in [0.1, 0.15) is 11.6 Å². The highest BCUT2D eigenvalue weighted by Crippen LogP contribution is 2.23. The van der Waals surface area contributed by atoms with Gasteiger partial charge in [0.05, 0.1) is 0 Å². The van der Waals surface area contributed by atoms with Crippen LogP contribution in [0.5, 0.6) is 5.75 Å². The zero-order valence-electron chi connectivity index (χ0n) is 8.27. The van der Waals surface area contributed by atoms with Gasteiger partial charge in [0.1, 0.15) is 11.8 Å². The molecule has 1 atom stereocenters. The summed E-state index contributed by atoms with van der Waals surface area (Å²) in [6.45, 7) is 0. The molecule has 0 heterocycles. The number of ether oxygens (including phenoxy) is 1. The first-order chi connectivity index (χ1) is 7.29. The largest absolute Gasteiger partial charge is 0.573 e. The van der Waals surface area contributed by atoms with Crippen molar-refractivity contribution >= 4 is 18.4 Å². The maximum absolute atomic E-state index is 11.8. The van der Waals surface area contributed by atoms with E-state index in [4.69, 9.17) is 10.8 Å². The molecule has 1 aromatic carbocycles. The molecule has 0 aliphatic carbocycles. The van der Waals surface area contributed by atoms with Crippen molar-refractivity contribution in [1.82, 2.24) is 0 Å². The third kappa shape index (κ3) is 4.92. The number of alkyl halides is 3. The van der Waals surface area contributed by atoms with Gasteiger partial charge in [-0.2, -0.15) is 0 Å². The van der Waals surface area contributed by atoms with Crippen LogP contribution in [0.4, 0.5) is 13.2 Å². The molecule has 0 fully saturated rings. The Morgan fingerprint density at radius 2 is 1.76 bits per heavy atom. The molecule has 0 amide bonds. The molecule has 3 N–H and O–H groups in total. The van der Waals surface area contributed by atoms with Crippen LogP contribution in [0, 0.1) is 0 Å². The average Bonchev–Trinajstić information content (AvgIpc) is 2.15. The molecule has 8 heteroatoms. The number of carboxylic acid groups (broad SMARTS) is 1. The Labute approximate surface area is 101 Å². The van der Waals surface area contributed by atoms with Crippen molar-refractivity contribution in [1.29, 1.82) is 0 Å².